The Labute approximate surface area is 140 Å². The molecule has 0 unspecified atom stereocenters. The highest BCUT2D eigenvalue weighted by Gasteiger charge is 2.15. The van der Waals surface area contributed by atoms with Gasteiger partial charge in [0, 0.05) is 6.42 Å². The van der Waals surface area contributed by atoms with Gasteiger partial charge < -0.3 is 8.83 Å². The minimum atomic E-state index is -0.0622. The molecular formula is C19H20N2O3. The van der Waals surface area contributed by atoms with Gasteiger partial charge in [0.1, 0.15) is 23.9 Å². The number of carbonyl (C=O) groups is 1. The van der Waals surface area contributed by atoms with Gasteiger partial charge in [-0.15, -0.1) is 0 Å². The van der Waals surface area contributed by atoms with Gasteiger partial charge in [0.15, 0.2) is 6.39 Å². The molecule has 124 valence electrons. The quantitative estimate of drug-likeness (QED) is 0.421. The maximum atomic E-state index is 12.1. The third-order valence-electron chi connectivity index (χ3n) is 3.90. The number of benzene rings is 1. The zero-order valence-electron chi connectivity index (χ0n) is 13.5. The van der Waals surface area contributed by atoms with Gasteiger partial charge in [0.2, 0.25) is 5.78 Å². The largest absolute Gasteiger partial charge is 0.451 e. The molecule has 0 atom stereocenters. The van der Waals surface area contributed by atoms with Crippen molar-refractivity contribution < 1.29 is 13.6 Å². The van der Waals surface area contributed by atoms with Gasteiger partial charge in [-0.2, -0.15) is 0 Å². The summed E-state index contributed by atoms with van der Waals surface area (Å²) in [5.41, 5.74) is 2.46. The molecule has 2 aromatic heterocycles. The van der Waals surface area contributed by atoms with Gasteiger partial charge in [-0.05, 0) is 24.8 Å². The number of carbonyl (C=O) groups excluding carboxylic acids is 1. The summed E-state index contributed by atoms with van der Waals surface area (Å²) in [6.45, 7) is 0. The molecule has 0 aliphatic carbocycles. The lowest BCUT2D eigenvalue weighted by Crippen LogP contribution is -1.99. The van der Waals surface area contributed by atoms with E-state index in [0.717, 1.165) is 32.1 Å². The summed E-state index contributed by atoms with van der Waals surface area (Å²) >= 11 is 0. The van der Waals surface area contributed by atoms with Crippen molar-refractivity contribution in [3.63, 3.8) is 0 Å². The lowest BCUT2D eigenvalue weighted by atomic mass is 10.0. The number of hydrogen-bond acceptors (Lipinski definition) is 5. The Morgan fingerprint density at radius 3 is 2.58 bits per heavy atom. The highest BCUT2D eigenvalue weighted by atomic mass is 16.4. The summed E-state index contributed by atoms with van der Waals surface area (Å²) in [4.78, 5) is 20.2. The number of nitrogens with zero attached hydrogens (tertiary/aromatic N) is 2. The standard InChI is InChI=1S/C19H20N2O3/c22-18(19-21-17(13-24-19)16-12-23-14-20-16)11-7-2-1-4-8-15-9-5-3-6-10-15/h3,5-6,9-10,12-14H,1-2,4,7-8,11H2. The second-order valence-corrected chi connectivity index (χ2v) is 5.73. The highest BCUT2D eigenvalue weighted by molar-refractivity contribution is 5.92. The third kappa shape index (κ3) is 4.41. The molecule has 0 radical (unpaired) electrons. The van der Waals surface area contributed by atoms with Crippen LogP contribution in [0.3, 0.4) is 0 Å². The predicted octanol–water partition coefficient (Wildman–Crippen LogP) is 4.71. The van der Waals surface area contributed by atoms with E-state index in [1.165, 1.54) is 24.5 Å². The fourth-order valence-corrected chi connectivity index (χ4v) is 2.58. The Hall–Kier alpha value is -2.69. The number of Topliss-reactive ketones (excluding diaryl/α,β-unsaturated/α-hetero) is 1. The average molecular weight is 324 g/mol. The summed E-state index contributed by atoms with van der Waals surface area (Å²) < 4.78 is 10.1. The minimum Gasteiger partial charge on any atom is -0.451 e. The summed E-state index contributed by atoms with van der Waals surface area (Å²) in [6.07, 6.45) is 9.95. The molecule has 0 amide bonds. The molecule has 3 rings (SSSR count). The van der Waals surface area contributed by atoms with Crippen molar-refractivity contribution in [2.75, 3.05) is 0 Å². The van der Waals surface area contributed by atoms with Crippen LogP contribution in [0.1, 0.15) is 48.4 Å². The molecule has 0 aliphatic rings. The SMILES string of the molecule is O=C(CCCCCCc1ccccc1)c1nc(-c2cocn2)co1. The van der Waals surface area contributed by atoms with Gasteiger partial charge in [0.25, 0.3) is 5.89 Å². The van der Waals surface area contributed by atoms with Crippen LogP contribution in [0, 0.1) is 0 Å². The van der Waals surface area contributed by atoms with Gasteiger partial charge in [0.05, 0.1) is 0 Å². The molecule has 24 heavy (non-hydrogen) atoms. The Balaban J connectivity index is 1.35. The van der Waals surface area contributed by atoms with Crippen LogP contribution >= 0.6 is 0 Å². The van der Waals surface area contributed by atoms with E-state index in [9.17, 15) is 4.79 Å². The van der Waals surface area contributed by atoms with Crippen molar-refractivity contribution in [3.8, 4) is 11.4 Å². The van der Waals surface area contributed by atoms with Crippen molar-refractivity contribution in [1.29, 1.82) is 0 Å². The lowest BCUT2D eigenvalue weighted by Gasteiger charge is -2.01. The molecule has 0 saturated carbocycles. The van der Waals surface area contributed by atoms with E-state index < -0.39 is 0 Å². The first-order valence-electron chi connectivity index (χ1n) is 8.24. The summed E-state index contributed by atoms with van der Waals surface area (Å²) in [5, 5.41) is 0. The molecule has 0 fully saturated rings. The zero-order chi connectivity index (χ0) is 16.6. The Morgan fingerprint density at radius 2 is 1.79 bits per heavy atom. The van der Waals surface area contributed by atoms with Crippen molar-refractivity contribution in [3.05, 3.63) is 60.7 Å². The van der Waals surface area contributed by atoms with Crippen LogP contribution in [-0.2, 0) is 6.42 Å². The van der Waals surface area contributed by atoms with E-state index in [2.05, 4.69) is 34.2 Å². The number of unbranched alkanes of at least 4 members (excludes halogenated alkanes) is 3. The Kier molecular flexibility index (Phi) is 5.56. The topological polar surface area (TPSA) is 69.1 Å². The number of aromatic nitrogens is 2. The molecule has 1 aromatic carbocycles. The van der Waals surface area contributed by atoms with Crippen LogP contribution in [0.4, 0.5) is 0 Å². The van der Waals surface area contributed by atoms with Gasteiger partial charge in [-0.25, -0.2) is 9.97 Å². The molecule has 2 heterocycles. The normalized spacial score (nSPS) is 10.8. The predicted molar refractivity (Wildman–Crippen MR) is 89.6 cm³/mol. The first-order valence-corrected chi connectivity index (χ1v) is 8.24. The van der Waals surface area contributed by atoms with Crippen LogP contribution in [0.5, 0.6) is 0 Å². The molecule has 5 heteroatoms. The minimum absolute atomic E-state index is 0.0622. The number of aryl methyl sites for hydroxylation is 1. The summed E-state index contributed by atoms with van der Waals surface area (Å²) in [6, 6.07) is 10.5. The number of rotatable bonds is 9. The maximum Gasteiger partial charge on any atom is 0.263 e. The zero-order valence-corrected chi connectivity index (χ0v) is 13.5. The van der Waals surface area contributed by atoms with E-state index in [4.69, 9.17) is 8.83 Å². The highest BCUT2D eigenvalue weighted by Crippen LogP contribution is 2.17. The van der Waals surface area contributed by atoms with Crippen LogP contribution < -0.4 is 0 Å². The van der Waals surface area contributed by atoms with Gasteiger partial charge >= 0.3 is 0 Å². The Morgan fingerprint density at radius 1 is 0.958 bits per heavy atom. The van der Waals surface area contributed by atoms with Gasteiger partial charge in [-0.1, -0.05) is 43.2 Å². The van der Waals surface area contributed by atoms with Crippen molar-refractivity contribution in [1.82, 2.24) is 9.97 Å². The molecular weight excluding hydrogens is 304 g/mol. The fraction of sp³-hybridized carbons (Fsp3) is 0.316. The van der Waals surface area contributed by atoms with Crippen molar-refractivity contribution in [2.45, 2.75) is 38.5 Å². The summed E-state index contributed by atoms with van der Waals surface area (Å²) in [7, 11) is 0. The molecule has 0 saturated heterocycles. The van der Waals surface area contributed by atoms with E-state index in [1.54, 1.807) is 0 Å². The third-order valence-corrected chi connectivity index (χ3v) is 3.90. The van der Waals surface area contributed by atoms with Crippen molar-refractivity contribution in [2.24, 2.45) is 0 Å². The monoisotopic (exact) mass is 324 g/mol. The van der Waals surface area contributed by atoms with Crippen LogP contribution in [0.25, 0.3) is 11.4 Å². The van der Waals surface area contributed by atoms with Crippen molar-refractivity contribution >= 4 is 5.78 Å². The van der Waals surface area contributed by atoms with Gasteiger partial charge in [-0.3, -0.25) is 4.79 Å². The number of oxazole rings is 2. The second-order valence-electron chi connectivity index (χ2n) is 5.73. The van der Waals surface area contributed by atoms with Crippen LogP contribution in [-0.4, -0.2) is 15.8 Å². The fourth-order valence-electron chi connectivity index (χ4n) is 2.58. The molecule has 0 aliphatic heterocycles. The number of ketones is 1. The van der Waals surface area contributed by atoms with E-state index >= 15 is 0 Å². The van der Waals surface area contributed by atoms with E-state index in [1.807, 2.05) is 6.07 Å². The molecule has 0 spiro atoms. The van der Waals surface area contributed by atoms with Crippen LogP contribution in [0.15, 0.2) is 58.1 Å². The molecule has 3 aromatic rings. The second kappa shape index (κ2) is 8.24. The van der Waals surface area contributed by atoms with E-state index in [-0.39, 0.29) is 11.7 Å². The summed E-state index contributed by atoms with van der Waals surface area (Å²) in [5.74, 6) is 0.0880. The van der Waals surface area contributed by atoms with E-state index in [0.29, 0.717) is 17.8 Å². The Bertz CT molecular complexity index is 748. The average Bonchev–Trinajstić information content (AvgIpc) is 3.29. The first-order chi connectivity index (χ1) is 11.8. The first kappa shape index (κ1) is 16.2. The number of hydrogen-bond donors (Lipinski definition) is 0. The maximum absolute atomic E-state index is 12.1. The molecule has 0 bridgehead atoms. The molecule has 0 N–H and O–H groups in total. The molecule has 5 nitrogen and oxygen atoms in total. The smallest absolute Gasteiger partial charge is 0.263 e. The lowest BCUT2D eigenvalue weighted by molar-refractivity contribution is 0.0945. The van der Waals surface area contributed by atoms with Crippen LogP contribution in [0.2, 0.25) is 0 Å².